The fourth-order valence-electron chi connectivity index (χ4n) is 4.56. The molecule has 4 heterocycles. The zero-order chi connectivity index (χ0) is 24.0. The molecule has 0 saturated carbocycles. The minimum absolute atomic E-state index is 0.0686. The fraction of sp³-hybridized carbons (Fsp3) is 0.269. The number of benzene rings is 1. The van der Waals surface area contributed by atoms with Gasteiger partial charge in [-0.3, -0.25) is 9.79 Å². The van der Waals surface area contributed by atoms with Crippen molar-refractivity contribution in [2.24, 2.45) is 12.0 Å². The zero-order valence-corrected chi connectivity index (χ0v) is 19.6. The summed E-state index contributed by atoms with van der Waals surface area (Å²) in [5, 5.41) is 12.9. The number of nitrogens with zero attached hydrogens (tertiary/aromatic N) is 6. The molecule has 8 heteroatoms. The van der Waals surface area contributed by atoms with Gasteiger partial charge in [-0.2, -0.15) is 5.26 Å². The van der Waals surface area contributed by atoms with Gasteiger partial charge < -0.3 is 14.5 Å². The molecule has 8 nitrogen and oxygen atoms in total. The van der Waals surface area contributed by atoms with Crippen LogP contribution >= 0.6 is 0 Å². The van der Waals surface area contributed by atoms with Gasteiger partial charge in [-0.1, -0.05) is 12.1 Å². The zero-order valence-electron chi connectivity index (χ0n) is 19.6. The van der Waals surface area contributed by atoms with Crippen molar-refractivity contribution in [2.75, 3.05) is 11.9 Å². The van der Waals surface area contributed by atoms with E-state index in [1.165, 1.54) is 0 Å². The number of rotatable bonds is 3. The van der Waals surface area contributed by atoms with Crippen LogP contribution in [0.1, 0.15) is 35.5 Å². The lowest BCUT2D eigenvalue weighted by Gasteiger charge is -2.18. The minimum Gasteiger partial charge on any atom is -0.369 e. The van der Waals surface area contributed by atoms with Gasteiger partial charge in [-0.25, -0.2) is 9.97 Å². The normalized spacial score (nSPS) is 14.0. The predicted octanol–water partition coefficient (Wildman–Crippen LogP) is 3.32. The lowest BCUT2D eigenvalue weighted by Crippen LogP contribution is -2.21. The van der Waals surface area contributed by atoms with Crippen molar-refractivity contribution in [1.82, 2.24) is 19.1 Å². The molecular formula is C26H25N7O. The van der Waals surface area contributed by atoms with Gasteiger partial charge >= 0.3 is 0 Å². The minimum atomic E-state index is -0.199. The van der Waals surface area contributed by atoms with E-state index in [0.717, 1.165) is 52.5 Å². The van der Waals surface area contributed by atoms with Crippen LogP contribution in [0.25, 0.3) is 22.5 Å². The largest absolute Gasteiger partial charge is 0.369 e. The number of pyridine rings is 2. The molecular weight excluding hydrogens is 426 g/mol. The Bertz CT molecular complexity index is 1570. The average Bonchev–Trinajstić information content (AvgIpc) is 3.31. The van der Waals surface area contributed by atoms with Gasteiger partial charge in [0.05, 0.1) is 23.2 Å². The second-order valence-corrected chi connectivity index (χ2v) is 8.62. The van der Waals surface area contributed by atoms with Crippen LogP contribution in [0.5, 0.6) is 0 Å². The first-order chi connectivity index (χ1) is 16.4. The summed E-state index contributed by atoms with van der Waals surface area (Å²) in [6, 6.07) is 13.4. The van der Waals surface area contributed by atoms with Crippen LogP contribution in [0.15, 0.2) is 52.4 Å². The third-order valence-electron chi connectivity index (χ3n) is 6.39. The molecule has 170 valence electrons. The summed E-state index contributed by atoms with van der Waals surface area (Å²) in [5.41, 5.74) is 5.68. The molecule has 0 aliphatic carbocycles. The maximum atomic E-state index is 12.3. The number of fused-ring (bicyclic) bond motifs is 3. The van der Waals surface area contributed by atoms with Crippen LogP contribution in [0.4, 0.5) is 5.82 Å². The number of hydrogen-bond acceptors (Lipinski definition) is 6. The Balaban J connectivity index is 1.76. The van der Waals surface area contributed by atoms with Gasteiger partial charge in [0.15, 0.2) is 5.49 Å². The van der Waals surface area contributed by atoms with Crippen molar-refractivity contribution in [3.63, 3.8) is 0 Å². The van der Waals surface area contributed by atoms with E-state index in [1.54, 1.807) is 23.9 Å². The van der Waals surface area contributed by atoms with Crippen molar-refractivity contribution in [3.8, 4) is 28.6 Å². The number of nitrogens with one attached hydrogen (secondary N) is 1. The molecule has 0 bridgehead atoms. The topological polar surface area (TPSA) is 101 Å². The van der Waals surface area contributed by atoms with E-state index in [1.807, 2.05) is 51.1 Å². The van der Waals surface area contributed by atoms with Crippen LogP contribution < -0.4 is 16.4 Å². The maximum absolute atomic E-state index is 12.3. The van der Waals surface area contributed by atoms with Gasteiger partial charge in [-0.15, -0.1) is 0 Å². The third-order valence-corrected chi connectivity index (χ3v) is 6.39. The lowest BCUT2D eigenvalue weighted by atomic mass is 9.98. The fourth-order valence-corrected chi connectivity index (χ4v) is 4.56. The Hall–Kier alpha value is -4.25. The van der Waals surface area contributed by atoms with E-state index in [9.17, 15) is 10.1 Å². The number of hydrogen-bond donors (Lipinski definition) is 1. The Morgan fingerprint density at radius 3 is 2.76 bits per heavy atom. The Morgan fingerprint density at radius 2 is 2.00 bits per heavy atom. The molecule has 3 aliphatic heterocycles. The summed E-state index contributed by atoms with van der Waals surface area (Å²) >= 11 is 0. The van der Waals surface area contributed by atoms with Crippen molar-refractivity contribution >= 4 is 5.82 Å². The third kappa shape index (κ3) is 3.55. The average molecular weight is 452 g/mol. The van der Waals surface area contributed by atoms with Crippen LogP contribution in [-0.4, -0.2) is 25.6 Å². The summed E-state index contributed by atoms with van der Waals surface area (Å²) in [7, 11) is 1.74. The smallest absolute Gasteiger partial charge is 0.250 e. The van der Waals surface area contributed by atoms with E-state index < -0.39 is 0 Å². The number of anilines is 1. The van der Waals surface area contributed by atoms with Gasteiger partial charge in [0, 0.05) is 38.0 Å². The van der Waals surface area contributed by atoms with E-state index in [4.69, 9.17) is 9.98 Å². The highest BCUT2D eigenvalue weighted by molar-refractivity contribution is 5.82. The Kier molecular flexibility index (Phi) is 5.25. The Morgan fingerprint density at radius 1 is 1.18 bits per heavy atom. The van der Waals surface area contributed by atoms with Crippen LogP contribution in [-0.2, 0) is 13.6 Å². The highest BCUT2D eigenvalue weighted by Gasteiger charge is 2.24. The molecule has 1 aromatic carbocycles. The second-order valence-electron chi connectivity index (χ2n) is 8.62. The van der Waals surface area contributed by atoms with Gasteiger partial charge in [0.1, 0.15) is 17.5 Å². The summed E-state index contributed by atoms with van der Waals surface area (Å²) in [4.78, 5) is 26.8. The van der Waals surface area contributed by atoms with Gasteiger partial charge in [-0.05, 0) is 55.7 Å². The quantitative estimate of drug-likeness (QED) is 0.515. The molecule has 5 rings (SSSR count). The first kappa shape index (κ1) is 21.6. The molecule has 1 unspecified atom stereocenters. The van der Waals surface area contributed by atoms with Crippen LogP contribution in [0, 0.1) is 25.2 Å². The number of aryl methyl sites for hydroxylation is 2. The predicted molar refractivity (Wildman–Crippen MR) is 130 cm³/mol. The van der Waals surface area contributed by atoms with E-state index in [0.29, 0.717) is 16.9 Å². The molecule has 1 atom stereocenters. The number of aromatic nitrogens is 4. The monoisotopic (exact) mass is 451 g/mol. The molecule has 0 spiro atoms. The van der Waals surface area contributed by atoms with E-state index in [2.05, 4.69) is 20.9 Å². The SMILES string of the molecule is Cc1nc2n3c(c(-c4ccn(C)c(=O)c4)cc-2c(=NC(C)c2cccc(C#N)c2C)n1)NCC3. The first-order valence-corrected chi connectivity index (χ1v) is 11.2. The van der Waals surface area contributed by atoms with Crippen LogP contribution in [0.3, 0.4) is 0 Å². The summed E-state index contributed by atoms with van der Waals surface area (Å²) in [5.74, 6) is 2.40. The Labute approximate surface area is 197 Å². The molecule has 0 fully saturated rings. The van der Waals surface area contributed by atoms with Crippen LogP contribution in [0.2, 0.25) is 0 Å². The van der Waals surface area contributed by atoms with Gasteiger partial charge in [0.25, 0.3) is 5.56 Å². The van der Waals surface area contributed by atoms with E-state index in [-0.39, 0.29) is 11.6 Å². The molecule has 3 aliphatic rings. The highest BCUT2D eigenvalue weighted by atomic mass is 16.1. The molecule has 0 saturated heterocycles. The summed E-state index contributed by atoms with van der Waals surface area (Å²) < 4.78 is 3.69. The van der Waals surface area contributed by atoms with Crippen molar-refractivity contribution in [1.29, 1.82) is 5.26 Å². The highest BCUT2D eigenvalue weighted by Crippen LogP contribution is 2.35. The first-order valence-electron chi connectivity index (χ1n) is 11.2. The molecule has 34 heavy (non-hydrogen) atoms. The summed E-state index contributed by atoms with van der Waals surface area (Å²) in [6.07, 6.45) is 1.78. The number of nitriles is 1. The second kappa shape index (κ2) is 8.27. The molecule has 1 aromatic heterocycles. The summed E-state index contributed by atoms with van der Waals surface area (Å²) in [6.45, 7) is 7.37. The molecule has 2 aromatic rings. The van der Waals surface area contributed by atoms with E-state index >= 15 is 0 Å². The van der Waals surface area contributed by atoms with Crippen molar-refractivity contribution in [3.05, 3.63) is 81.0 Å². The van der Waals surface area contributed by atoms with Gasteiger partial charge in [0.2, 0.25) is 0 Å². The molecule has 0 amide bonds. The maximum Gasteiger partial charge on any atom is 0.250 e. The molecule has 1 N–H and O–H groups in total. The standard InChI is InChI=1S/C26H25N7O/c1-15-19(14-27)6-5-7-20(15)16(2)29-24-22-13-21(18-8-10-32(4)23(34)12-18)25-28-9-11-33(25)26(22)31-17(3)30-24/h5-8,10,12-13,16,28H,9,11H2,1-4H3. The lowest BCUT2D eigenvalue weighted by molar-refractivity contribution is 0.746. The molecule has 0 radical (unpaired) electrons. The van der Waals surface area contributed by atoms with Crippen molar-refractivity contribution in [2.45, 2.75) is 33.4 Å². The van der Waals surface area contributed by atoms with Crippen molar-refractivity contribution < 1.29 is 0 Å².